The Bertz CT molecular complexity index is 915. The van der Waals surface area contributed by atoms with Crippen LogP contribution in [0.25, 0.3) is 0 Å². The first kappa shape index (κ1) is 20.6. The minimum Gasteiger partial charge on any atom is -0.497 e. The zero-order chi connectivity index (χ0) is 21.4. The zero-order valence-corrected chi connectivity index (χ0v) is 15.0. The number of carbonyl (C=O) groups is 2. The summed E-state index contributed by atoms with van der Waals surface area (Å²) < 4.78 is 59.5. The minimum absolute atomic E-state index is 0.142. The van der Waals surface area contributed by atoms with Gasteiger partial charge in [0.05, 0.1) is 13.2 Å². The summed E-state index contributed by atoms with van der Waals surface area (Å²) in [6, 6.07) is 6.66. The third kappa shape index (κ3) is 3.75. The minimum atomic E-state index is -5.37. The highest BCUT2D eigenvalue weighted by atomic mass is 19.4. The molecule has 3 atom stereocenters. The number of hydrogen-bond acceptors (Lipinski definition) is 4. The fraction of sp³-hybridized carbons (Fsp3) is 0.263. The number of ketones is 1. The van der Waals surface area contributed by atoms with Crippen molar-refractivity contribution in [1.29, 1.82) is 0 Å². The van der Waals surface area contributed by atoms with Gasteiger partial charge in [-0.2, -0.15) is 13.2 Å². The van der Waals surface area contributed by atoms with Crippen molar-refractivity contribution in [2.75, 3.05) is 7.11 Å². The quantitative estimate of drug-likeness (QED) is 0.532. The van der Waals surface area contributed by atoms with E-state index in [0.717, 1.165) is 24.3 Å². The Morgan fingerprint density at radius 1 is 1.10 bits per heavy atom. The average molecular weight is 412 g/mol. The Morgan fingerprint density at radius 2 is 1.69 bits per heavy atom. The molecule has 1 aliphatic rings. The molecule has 3 rings (SSSR count). The summed E-state index contributed by atoms with van der Waals surface area (Å²) in [4.78, 5) is 24.9. The highest BCUT2D eigenvalue weighted by Gasteiger charge is 2.66. The van der Waals surface area contributed by atoms with Crippen LogP contribution in [0.4, 0.5) is 22.4 Å². The number of alkyl halides is 3. The van der Waals surface area contributed by atoms with Crippen LogP contribution in [0.15, 0.2) is 48.5 Å². The van der Waals surface area contributed by atoms with Gasteiger partial charge in [-0.25, -0.2) is 9.18 Å². The molecule has 1 heterocycles. The number of aliphatic hydroxyl groups is 1. The van der Waals surface area contributed by atoms with Crippen LogP contribution in [0, 0.1) is 11.7 Å². The molecule has 0 spiro atoms. The predicted molar refractivity (Wildman–Crippen MR) is 92.6 cm³/mol. The van der Waals surface area contributed by atoms with Crippen molar-refractivity contribution in [3.63, 3.8) is 0 Å². The molecule has 0 unspecified atom stereocenters. The van der Waals surface area contributed by atoms with Gasteiger partial charge in [0, 0.05) is 5.56 Å². The molecular formula is C19H16F4N2O4. The van der Waals surface area contributed by atoms with Crippen molar-refractivity contribution < 1.29 is 37.0 Å². The van der Waals surface area contributed by atoms with E-state index in [1.165, 1.54) is 36.7 Å². The summed E-state index contributed by atoms with van der Waals surface area (Å²) in [5.74, 6) is -3.59. The third-order valence-electron chi connectivity index (χ3n) is 4.69. The van der Waals surface area contributed by atoms with E-state index in [4.69, 9.17) is 4.74 Å². The second-order valence-corrected chi connectivity index (χ2v) is 6.46. The monoisotopic (exact) mass is 412 g/mol. The number of methoxy groups -OCH3 is 1. The number of urea groups is 1. The fourth-order valence-corrected chi connectivity index (χ4v) is 3.22. The normalized spacial score (nSPS) is 24.4. The molecule has 0 saturated carbocycles. The van der Waals surface area contributed by atoms with E-state index in [2.05, 4.69) is 5.32 Å². The van der Waals surface area contributed by atoms with E-state index in [9.17, 15) is 32.3 Å². The molecule has 29 heavy (non-hydrogen) atoms. The second-order valence-electron chi connectivity index (χ2n) is 6.46. The highest BCUT2D eigenvalue weighted by Crippen LogP contribution is 2.44. The van der Waals surface area contributed by atoms with Crippen molar-refractivity contribution in [2.45, 2.75) is 17.9 Å². The number of carbonyl (C=O) groups excluding carboxylic acids is 2. The lowest BCUT2D eigenvalue weighted by atomic mass is 9.77. The molecule has 2 aromatic carbocycles. The molecule has 0 bridgehead atoms. The van der Waals surface area contributed by atoms with Crippen molar-refractivity contribution in [1.82, 2.24) is 10.6 Å². The number of rotatable bonds is 4. The molecule has 1 fully saturated rings. The van der Waals surface area contributed by atoms with Crippen LogP contribution in [-0.2, 0) is 0 Å². The van der Waals surface area contributed by atoms with Crippen LogP contribution >= 0.6 is 0 Å². The van der Waals surface area contributed by atoms with Crippen molar-refractivity contribution in [2.24, 2.45) is 5.92 Å². The van der Waals surface area contributed by atoms with Gasteiger partial charge in [0.1, 0.15) is 17.5 Å². The maximum Gasteiger partial charge on any atom is 0.437 e. The van der Waals surface area contributed by atoms with Gasteiger partial charge in [0.25, 0.3) is 0 Å². The zero-order valence-electron chi connectivity index (χ0n) is 15.0. The number of nitrogens with one attached hydrogen (secondary N) is 2. The Hall–Kier alpha value is -3.14. The van der Waals surface area contributed by atoms with Crippen LogP contribution in [0.2, 0.25) is 0 Å². The molecule has 1 aliphatic heterocycles. The lowest BCUT2D eigenvalue weighted by Gasteiger charge is -2.45. The maximum absolute atomic E-state index is 13.8. The van der Waals surface area contributed by atoms with E-state index in [-0.39, 0.29) is 11.1 Å². The van der Waals surface area contributed by atoms with E-state index in [1.807, 2.05) is 0 Å². The molecule has 0 radical (unpaired) electrons. The summed E-state index contributed by atoms with van der Waals surface area (Å²) in [6.45, 7) is 0. The lowest BCUT2D eigenvalue weighted by molar-refractivity contribution is -0.287. The first-order chi connectivity index (χ1) is 13.6. The molecule has 2 amide bonds. The number of benzene rings is 2. The Balaban J connectivity index is 2.13. The van der Waals surface area contributed by atoms with E-state index >= 15 is 0 Å². The summed E-state index contributed by atoms with van der Waals surface area (Å²) in [6.07, 6.45) is -5.37. The van der Waals surface area contributed by atoms with Crippen LogP contribution in [0.3, 0.4) is 0 Å². The van der Waals surface area contributed by atoms with Gasteiger partial charge in [-0.15, -0.1) is 0 Å². The number of Topliss-reactive ketones (excluding diaryl/α,β-unsaturated/α-hetero) is 1. The van der Waals surface area contributed by atoms with E-state index in [0.29, 0.717) is 5.75 Å². The first-order valence-corrected chi connectivity index (χ1v) is 8.38. The van der Waals surface area contributed by atoms with Crippen molar-refractivity contribution in [3.8, 4) is 5.75 Å². The molecule has 0 aromatic heterocycles. The van der Waals surface area contributed by atoms with E-state index < -0.39 is 41.5 Å². The smallest absolute Gasteiger partial charge is 0.437 e. The third-order valence-corrected chi connectivity index (χ3v) is 4.69. The molecule has 1 saturated heterocycles. The maximum atomic E-state index is 13.8. The number of hydrogen-bond donors (Lipinski definition) is 3. The highest BCUT2D eigenvalue weighted by molar-refractivity contribution is 6.00. The number of halogens is 4. The summed E-state index contributed by atoms with van der Waals surface area (Å²) in [7, 11) is 1.39. The number of amides is 2. The molecule has 2 aromatic rings. The molecule has 6 nitrogen and oxygen atoms in total. The Kier molecular flexibility index (Phi) is 5.22. The van der Waals surface area contributed by atoms with Crippen LogP contribution in [0.1, 0.15) is 22.0 Å². The van der Waals surface area contributed by atoms with Crippen LogP contribution in [0.5, 0.6) is 5.75 Å². The first-order valence-electron chi connectivity index (χ1n) is 8.38. The second kappa shape index (κ2) is 7.36. The van der Waals surface area contributed by atoms with Gasteiger partial charge < -0.3 is 20.5 Å². The summed E-state index contributed by atoms with van der Waals surface area (Å²) in [5, 5.41) is 14.1. The van der Waals surface area contributed by atoms with Crippen LogP contribution < -0.4 is 15.4 Å². The Morgan fingerprint density at radius 3 is 2.21 bits per heavy atom. The molecule has 10 heteroatoms. The van der Waals surface area contributed by atoms with Gasteiger partial charge in [-0.05, 0) is 42.0 Å². The summed E-state index contributed by atoms with van der Waals surface area (Å²) in [5.41, 5.74) is -3.95. The van der Waals surface area contributed by atoms with Gasteiger partial charge >= 0.3 is 12.2 Å². The number of ether oxygens (including phenoxy) is 1. The lowest BCUT2D eigenvalue weighted by Crippen LogP contribution is -2.72. The summed E-state index contributed by atoms with van der Waals surface area (Å²) >= 11 is 0. The molecule has 154 valence electrons. The average Bonchev–Trinajstić information content (AvgIpc) is 2.67. The molecule has 0 aliphatic carbocycles. The Labute approximate surface area is 162 Å². The SMILES string of the molecule is COc1ccc([C@@H]2NC(=O)N[C@@](O)(C(F)(F)F)[C@H]2C(=O)c2ccc(F)cc2)cc1. The van der Waals surface area contributed by atoms with Gasteiger partial charge in [0.15, 0.2) is 5.78 Å². The molecular weight excluding hydrogens is 396 g/mol. The van der Waals surface area contributed by atoms with Gasteiger partial charge in [-0.1, -0.05) is 12.1 Å². The topological polar surface area (TPSA) is 87.7 Å². The fourth-order valence-electron chi connectivity index (χ4n) is 3.22. The van der Waals surface area contributed by atoms with Crippen molar-refractivity contribution >= 4 is 11.8 Å². The predicted octanol–water partition coefficient (Wildman–Crippen LogP) is 2.94. The van der Waals surface area contributed by atoms with E-state index in [1.54, 1.807) is 0 Å². The van der Waals surface area contributed by atoms with Gasteiger partial charge in [-0.3, -0.25) is 4.79 Å². The van der Waals surface area contributed by atoms with Crippen molar-refractivity contribution in [3.05, 3.63) is 65.5 Å². The standard InChI is InChI=1S/C19H16F4N2O4/c1-29-13-8-4-10(5-9-13)15-14(16(26)11-2-6-12(20)7-3-11)18(28,19(21,22)23)25-17(27)24-15/h2-9,14-15,28H,1H3,(H2,24,25,27)/t14-,15+,18+/m1/s1. The largest absolute Gasteiger partial charge is 0.497 e. The van der Waals surface area contributed by atoms with Crippen LogP contribution in [-0.4, -0.2) is 35.9 Å². The van der Waals surface area contributed by atoms with Gasteiger partial charge in [0.2, 0.25) is 5.72 Å². The molecule has 3 N–H and O–H groups in total.